The Morgan fingerprint density at radius 3 is 2.65 bits per heavy atom. The molecule has 34 heavy (non-hydrogen) atoms. The molecule has 1 fully saturated rings. The summed E-state index contributed by atoms with van der Waals surface area (Å²) in [7, 11) is 0. The molecule has 2 atom stereocenters. The first kappa shape index (κ1) is 22.8. The van der Waals surface area contributed by atoms with Crippen LogP contribution in [0.25, 0.3) is 11.0 Å². The number of fused-ring (bicyclic) bond motifs is 3. The van der Waals surface area contributed by atoms with Gasteiger partial charge in [0.2, 0.25) is 0 Å². The monoisotopic (exact) mass is 468 g/mol. The lowest BCUT2D eigenvalue weighted by molar-refractivity contribution is 0.198. The molecular formula is C26H30F2N4O2. The van der Waals surface area contributed by atoms with Crippen LogP contribution >= 0.6 is 0 Å². The van der Waals surface area contributed by atoms with E-state index in [9.17, 15) is 18.7 Å². The maximum Gasteiger partial charge on any atom is 0.412 e. The molecule has 0 spiro atoms. The SMILES string of the molecule is C[C@H](Cc1ccc(F)c(F)c1)c1nc2c3c(ccc2n1C1CCNCC1)N(C(=O)O)[C@@H](C)CC3. The van der Waals surface area contributed by atoms with E-state index >= 15 is 0 Å². The molecule has 5 rings (SSSR count). The summed E-state index contributed by atoms with van der Waals surface area (Å²) in [6, 6.07) is 8.18. The van der Waals surface area contributed by atoms with Gasteiger partial charge in [-0.3, -0.25) is 4.90 Å². The smallest absolute Gasteiger partial charge is 0.412 e. The predicted molar refractivity (Wildman–Crippen MR) is 128 cm³/mol. The minimum absolute atomic E-state index is 0.0270. The molecule has 0 radical (unpaired) electrons. The zero-order valence-electron chi connectivity index (χ0n) is 19.5. The normalized spacial score (nSPS) is 19.9. The van der Waals surface area contributed by atoms with Crippen LogP contribution in [-0.4, -0.2) is 39.9 Å². The van der Waals surface area contributed by atoms with Gasteiger partial charge < -0.3 is 15.0 Å². The van der Waals surface area contributed by atoms with Crippen LogP contribution in [0.1, 0.15) is 62.0 Å². The van der Waals surface area contributed by atoms with E-state index < -0.39 is 17.7 Å². The number of piperidine rings is 1. The molecule has 3 heterocycles. The third-order valence-electron chi connectivity index (χ3n) is 7.33. The fourth-order valence-electron chi connectivity index (χ4n) is 5.62. The number of nitrogens with one attached hydrogen (secondary N) is 1. The maximum atomic E-state index is 13.8. The van der Waals surface area contributed by atoms with Crippen LogP contribution in [0.2, 0.25) is 0 Å². The number of nitrogens with zero attached hydrogens (tertiary/aromatic N) is 3. The van der Waals surface area contributed by atoms with Gasteiger partial charge in [-0.05, 0) is 81.9 Å². The highest BCUT2D eigenvalue weighted by atomic mass is 19.2. The van der Waals surface area contributed by atoms with Crippen molar-refractivity contribution in [3.8, 4) is 0 Å². The average Bonchev–Trinajstić information content (AvgIpc) is 3.21. The fourth-order valence-corrected chi connectivity index (χ4v) is 5.62. The van der Waals surface area contributed by atoms with E-state index in [1.165, 1.54) is 17.0 Å². The van der Waals surface area contributed by atoms with Crippen LogP contribution in [0, 0.1) is 11.6 Å². The molecule has 180 valence electrons. The van der Waals surface area contributed by atoms with Crippen LogP contribution in [0.3, 0.4) is 0 Å². The quantitative estimate of drug-likeness (QED) is 0.538. The van der Waals surface area contributed by atoms with Crippen LogP contribution in [0.4, 0.5) is 19.3 Å². The number of rotatable bonds is 4. The summed E-state index contributed by atoms with van der Waals surface area (Å²) in [6.45, 7) is 5.86. The van der Waals surface area contributed by atoms with E-state index in [-0.39, 0.29) is 18.0 Å². The first-order valence-electron chi connectivity index (χ1n) is 12.1. The summed E-state index contributed by atoms with van der Waals surface area (Å²) in [4.78, 5) is 18.5. The molecule has 1 amide bonds. The molecule has 0 bridgehead atoms. The molecule has 2 N–H and O–H groups in total. The van der Waals surface area contributed by atoms with Gasteiger partial charge in [0.25, 0.3) is 0 Å². The van der Waals surface area contributed by atoms with Crippen molar-refractivity contribution < 1.29 is 18.7 Å². The van der Waals surface area contributed by atoms with Crippen molar-refractivity contribution in [2.75, 3.05) is 18.0 Å². The molecule has 2 aliphatic heterocycles. The Morgan fingerprint density at radius 1 is 1.18 bits per heavy atom. The second kappa shape index (κ2) is 8.98. The van der Waals surface area contributed by atoms with E-state index in [4.69, 9.17) is 4.98 Å². The van der Waals surface area contributed by atoms with E-state index in [1.54, 1.807) is 6.07 Å². The minimum atomic E-state index is -0.947. The first-order chi connectivity index (χ1) is 16.3. The summed E-state index contributed by atoms with van der Waals surface area (Å²) in [5.74, 6) is -0.794. The van der Waals surface area contributed by atoms with E-state index in [2.05, 4.69) is 16.8 Å². The Hall–Kier alpha value is -3.00. The number of aromatic nitrogens is 2. The number of halogens is 2. The number of imidazole rings is 1. The van der Waals surface area contributed by atoms with Crippen LogP contribution < -0.4 is 10.2 Å². The topological polar surface area (TPSA) is 70.4 Å². The second-order valence-corrected chi connectivity index (χ2v) is 9.65. The van der Waals surface area contributed by atoms with Gasteiger partial charge in [0.1, 0.15) is 5.82 Å². The van der Waals surface area contributed by atoms with Crippen LogP contribution in [-0.2, 0) is 12.8 Å². The highest BCUT2D eigenvalue weighted by Crippen LogP contribution is 2.39. The number of hydrogen-bond donors (Lipinski definition) is 2. The molecular weight excluding hydrogens is 438 g/mol. The molecule has 2 aliphatic rings. The van der Waals surface area contributed by atoms with Crippen molar-refractivity contribution in [2.24, 2.45) is 0 Å². The lowest BCUT2D eigenvalue weighted by Gasteiger charge is -2.33. The molecule has 3 aromatic rings. The number of carbonyl (C=O) groups is 1. The summed E-state index contributed by atoms with van der Waals surface area (Å²) in [5.41, 5.74) is 4.31. The van der Waals surface area contributed by atoms with Gasteiger partial charge >= 0.3 is 6.09 Å². The summed E-state index contributed by atoms with van der Waals surface area (Å²) in [5, 5.41) is 13.2. The molecule has 0 unspecified atom stereocenters. The third kappa shape index (κ3) is 3.94. The zero-order chi connectivity index (χ0) is 24.0. The molecule has 1 aromatic heterocycles. The molecule has 1 saturated heterocycles. The molecule has 6 nitrogen and oxygen atoms in total. The van der Waals surface area contributed by atoms with E-state index in [0.29, 0.717) is 12.1 Å². The first-order valence-corrected chi connectivity index (χ1v) is 12.1. The Balaban J connectivity index is 1.62. The summed E-state index contributed by atoms with van der Waals surface area (Å²) >= 11 is 0. The number of amides is 1. The van der Waals surface area contributed by atoms with Crippen molar-refractivity contribution in [3.05, 3.63) is 58.9 Å². The van der Waals surface area contributed by atoms with E-state index in [0.717, 1.165) is 66.8 Å². The van der Waals surface area contributed by atoms with Gasteiger partial charge in [-0.15, -0.1) is 0 Å². The Kier molecular flexibility index (Phi) is 6.02. The fraction of sp³-hybridized carbons (Fsp3) is 0.462. The highest BCUT2D eigenvalue weighted by Gasteiger charge is 2.32. The second-order valence-electron chi connectivity index (χ2n) is 9.65. The molecule has 8 heteroatoms. The van der Waals surface area contributed by atoms with Crippen molar-refractivity contribution >= 4 is 22.8 Å². The van der Waals surface area contributed by atoms with E-state index in [1.807, 2.05) is 19.1 Å². The number of anilines is 1. The largest absolute Gasteiger partial charge is 0.465 e. The van der Waals surface area contributed by atoms with Crippen molar-refractivity contribution in [2.45, 2.75) is 64.0 Å². The Morgan fingerprint density at radius 2 is 1.94 bits per heavy atom. The Labute approximate surface area is 197 Å². The van der Waals surface area contributed by atoms with Crippen molar-refractivity contribution in [3.63, 3.8) is 0 Å². The van der Waals surface area contributed by atoms with Gasteiger partial charge in [-0.25, -0.2) is 18.6 Å². The van der Waals surface area contributed by atoms with Crippen molar-refractivity contribution in [1.29, 1.82) is 0 Å². The van der Waals surface area contributed by atoms with Gasteiger partial charge in [-0.2, -0.15) is 0 Å². The van der Waals surface area contributed by atoms with Gasteiger partial charge in [0.15, 0.2) is 11.6 Å². The van der Waals surface area contributed by atoms with Gasteiger partial charge in [0, 0.05) is 23.6 Å². The summed E-state index contributed by atoms with van der Waals surface area (Å²) in [6.07, 6.45) is 3.07. The number of aryl methyl sites for hydroxylation is 1. The molecule has 0 aliphatic carbocycles. The third-order valence-corrected chi connectivity index (χ3v) is 7.33. The number of hydrogen-bond acceptors (Lipinski definition) is 3. The predicted octanol–water partition coefficient (Wildman–Crippen LogP) is 5.40. The lowest BCUT2D eigenvalue weighted by atomic mass is 9.95. The molecule has 0 saturated carbocycles. The van der Waals surface area contributed by atoms with Crippen LogP contribution in [0.15, 0.2) is 30.3 Å². The standard InChI is InChI=1S/C26H30F2N4O2/c1-15(13-17-4-6-20(27)21(28)14-17)25-30-24-19-5-3-16(2)31(26(33)34)22(19)7-8-23(24)32(25)18-9-11-29-12-10-18/h4,6-8,14-16,18,29H,3,5,9-13H2,1-2H3,(H,33,34)/t15-,16+/m1/s1. The van der Waals surface area contributed by atoms with Crippen molar-refractivity contribution in [1.82, 2.24) is 14.9 Å². The van der Waals surface area contributed by atoms with Gasteiger partial charge in [-0.1, -0.05) is 13.0 Å². The Bertz CT molecular complexity index is 1240. The highest BCUT2D eigenvalue weighted by molar-refractivity contribution is 5.94. The number of benzene rings is 2. The lowest BCUT2D eigenvalue weighted by Crippen LogP contribution is -2.41. The van der Waals surface area contributed by atoms with Gasteiger partial charge in [0.05, 0.1) is 16.7 Å². The summed E-state index contributed by atoms with van der Waals surface area (Å²) < 4.78 is 29.6. The number of carboxylic acid groups (broad SMARTS) is 1. The van der Waals surface area contributed by atoms with Crippen LogP contribution in [0.5, 0.6) is 0 Å². The minimum Gasteiger partial charge on any atom is -0.465 e. The maximum absolute atomic E-state index is 13.8. The average molecular weight is 469 g/mol. The zero-order valence-corrected chi connectivity index (χ0v) is 19.5. The molecule has 2 aromatic carbocycles.